The average Bonchev–Trinajstić information content (AvgIpc) is 2.46. The van der Waals surface area contributed by atoms with Crippen molar-refractivity contribution < 1.29 is 4.92 Å². The predicted molar refractivity (Wildman–Crippen MR) is 74.1 cm³/mol. The van der Waals surface area contributed by atoms with Crippen LogP contribution in [0.3, 0.4) is 0 Å². The molecule has 98 valence electrons. The SMILES string of the molecule is CCN(Cc1ccccn1)c1cccc([N+](=O)[O-])c1. The quantitative estimate of drug-likeness (QED) is 0.610. The minimum absolute atomic E-state index is 0.108. The Morgan fingerprint density at radius 2 is 2.11 bits per heavy atom. The maximum Gasteiger partial charge on any atom is 0.271 e. The molecule has 0 spiro atoms. The van der Waals surface area contributed by atoms with E-state index >= 15 is 0 Å². The number of benzene rings is 1. The lowest BCUT2D eigenvalue weighted by Crippen LogP contribution is -2.22. The first-order valence-electron chi connectivity index (χ1n) is 6.10. The Balaban J connectivity index is 2.22. The normalized spacial score (nSPS) is 10.2. The zero-order valence-electron chi connectivity index (χ0n) is 10.7. The van der Waals surface area contributed by atoms with Crippen LogP contribution in [0.5, 0.6) is 0 Å². The van der Waals surface area contributed by atoms with E-state index < -0.39 is 0 Å². The summed E-state index contributed by atoms with van der Waals surface area (Å²) >= 11 is 0. The van der Waals surface area contributed by atoms with Crippen molar-refractivity contribution in [2.24, 2.45) is 0 Å². The number of nitro benzene ring substituents is 1. The number of anilines is 1. The number of nitrogens with zero attached hydrogens (tertiary/aromatic N) is 3. The van der Waals surface area contributed by atoms with Crippen LogP contribution >= 0.6 is 0 Å². The molecule has 0 fully saturated rings. The van der Waals surface area contributed by atoms with E-state index in [-0.39, 0.29) is 10.6 Å². The van der Waals surface area contributed by atoms with Gasteiger partial charge in [-0.1, -0.05) is 12.1 Å². The molecule has 0 aliphatic carbocycles. The topological polar surface area (TPSA) is 59.3 Å². The van der Waals surface area contributed by atoms with Crippen LogP contribution in [0.4, 0.5) is 11.4 Å². The Bertz CT molecular complexity index is 558. The molecule has 2 rings (SSSR count). The van der Waals surface area contributed by atoms with Crippen molar-refractivity contribution in [3.05, 3.63) is 64.5 Å². The standard InChI is InChI=1S/C14H15N3O2/c1-2-16(11-12-6-3-4-9-15-12)13-7-5-8-14(10-13)17(18)19/h3-10H,2,11H2,1H3. The molecular formula is C14H15N3O2. The molecule has 0 bridgehead atoms. The van der Waals surface area contributed by atoms with E-state index in [0.29, 0.717) is 6.54 Å². The molecule has 1 aromatic carbocycles. The van der Waals surface area contributed by atoms with Crippen molar-refractivity contribution in [2.45, 2.75) is 13.5 Å². The second-order valence-corrected chi connectivity index (χ2v) is 4.11. The fraction of sp³-hybridized carbons (Fsp3) is 0.214. The molecule has 1 aromatic heterocycles. The Kier molecular flexibility index (Phi) is 4.07. The Morgan fingerprint density at radius 3 is 2.74 bits per heavy atom. The van der Waals surface area contributed by atoms with Gasteiger partial charge < -0.3 is 4.90 Å². The zero-order valence-corrected chi connectivity index (χ0v) is 10.7. The summed E-state index contributed by atoms with van der Waals surface area (Å²) in [6.07, 6.45) is 1.75. The van der Waals surface area contributed by atoms with Crippen molar-refractivity contribution in [1.29, 1.82) is 0 Å². The van der Waals surface area contributed by atoms with Crippen LogP contribution in [-0.4, -0.2) is 16.5 Å². The Labute approximate surface area is 111 Å². The first-order valence-corrected chi connectivity index (χ1v) is 6.10. The highest BCUT2D eigenvalue weighted by Gasteiger charge is 2.10. The summed E-state index contributed by atoms with van der Waals surface area (Å²) < 4.78 is 0. The van der Waals surface area contributed by atoms with Gasteiger partial charge in [-0.2, -0.15) is 0 Å². The molecule has 0 amide bonds. The Morgan fingerprint density at radius 1 is 1.26 bits per heavy atom. The maximum absolute atomic E-state index is 10.8. The monoisotopic (exact) mass is 257 g/mol. The van der Waals surface area contributed by atoms with Crippen molar-refractivity contribution in [3.8, 4) is 0 Å². The highest BCUT2D eigenvalue weighted by atomic mass is 16.6. The summed E-state index contributed by atoms with van der Waals surface area (Å²) in [7, 11) is 0. The zero-order chi connectivity index (χ0) is 13.7. The van der Waals surface area contributed by atoms with Crippen LogP contribution in [-0.2, 0) is 6.54 Å². The third kappa shape index (κ3) is 3.28. The molecule has 5 nitrogen and oxygen atoms in total. The van der Waals surface area contributed by atoms with Gasteiger partial charge in [-0.25, -0.2) is 0 Å². The molecule has 19 heavy (non-hydrogen) atoms. The van der Waals surface area contributed by atoms with Gasteiger partial charge in [0, 0.05) is 30.6 Å². The molecule has 0 unspecified atom stereocenters. The lowest BCUT2D eigenvalue weighted by atomic mass is 10.2. The van der Waals surface area contributed by atoms with Crippen LogP contribution in [0.15, 0.2) is 48.7 Å². The summed E-state index contributed by atoms with van der Waals surface area (Å²) in [5.41, 5.74) is 1.88. The van der Waals surface area contributed by atoms with E-state index in [4.69, 9.17) is 0 Å². The maximum atomic E-state index is 10.8. The van der Waals surface area contributed by atoms with Gasteiger partial charge in [-0.05, 0) is 25.1 Å². The molecule has 0 N–H and O–H groups in total. The first kappa shape index (κ1) is 13.0. The number of pyridine rings is 1. The van der Waals surface area contributed by atoms with Gasteiger partial charge in [-0.3, -0.25) is 15.1 Å². The highest BCUT2D eigenvalue weighted by Crippen LogP contribution is 2.22. The van der Waals surface area contributed by atoms with Gasteiger partial charge in [0.1, 0.15) is 0 Å². The smallest absolute Gasteiger partial charge is 0.271 e. The van der Waals surface area contributed by atoms with E-state index in [9.17, 15) is 10.1 Å². The third-order valence-electron chi connectivity index (χ3n) is 2.87. The van der Waals surface area contributed by atoms with Gasteiger partial charge in [0.2, 0.25) is 0 Å². The summed E-state index contributed by atoms with van der Waals surface area (Å²) in [4.78, 5) is 16.7. The van der Waals surface area contributed by atoms with Crippen LogP contribution in [0.1, 0.15) is 12.6 Å². The molecule has 0 saturated heterocycles. The van der Waals surface area contributed by atoms with Crippen LogP contribution in [0.25, 0.3) is 0 Å². The van der Waals surface area contributed by atoms with Crippen molar-refractivity contribution >= 4 is 11.4 Å². The molecule has 0 aliphatic heterocycles. The average molecular weight is 257 g/mol. The van der Waals surface area contributed by atoms with Crippen LogP contribution in [0.2, 0.25) is 0 Å². The van der Waals surface area contributed by atoms with Crippen LogP contribution < -0.4 is 4.90 Å². The van der Waals surface area contributed by atoms with E-state index in [1.165, 1.54) is 6.07 Å². The Hall–Kier alpha value is -2.43. The first-order chi connectivity index (χ1) is 9.20. The largest absolute Gasteiger partial charge is 0.366 e. The van der Waals surface area contributed by atoms with Crippen molar-refractivity contribution in [2.75, 3.05) is 11.4 Å². The lowest BCUT2D eigenvalue weighted by molar-refractivity contribution is -0.384. The summed E-state index contributed by atoms with van der Waals surface area (Å²) in [6.45, 7) is 3.41. The molecule has 0 aliphatic rings. The van der Waals surface area contributed by atoms with E-state index in [1.54, 1.807) is 18.3 Å². The summed E-state index contributed by atoms with van der Waals surface area (Å²) in [6, 6.07) is 12.4. The van der Waals surface area contributed by atoms with E-state index in [0.717, 1.165) is 17.9 Å². The van der Waals surface area contributed by atoms with Crippen molar-refractivity contribution in [1.82, 2.24) is 4.98 Å². The van der Waals surface area contributed by atoms with E-state index in [1.807, 2.05) is 31.2 Å². The molecule has 1 heterocycles. The fourth-order valence-corrected chi connectivity index (χ4v) is 1.88. The van der Waals surface area contributed by atoms with Gasteiger partial charge in [0.25, 0.3) is 5.69 Å². The minimum Gasteiger partial charge on any atom is -0.366 e. The van der Waals surface area contributed by atoms with E-state index in [2.05, 4.69) is 9.88 Å². The summed E-state index contributed by atoms with van der Waals surface area (Å²) in [5.74, 6) is 0. The van der Waals surface area contributed by atoms with Crippen LogP contribution in [0, 0.1) is 10.1 Å². The number of hydrogen-bond donors (Lipinski definition) is 0. The van der Waals surface area contributed by atoms with Gasteiger partial charge in [0.15, 0.2) is 0 Å². The number of hydrogen-bond acceptors (Lipinski definition) is 4. The fourth-order valence-electron chi connectivity index (χ4n) is 1.88. The molecule has 2 aromatic rings. The van der Waals surface area contributed by atoms with Gasteiger partial charge >= 0.3 is 0 Å². The lowest BCUT2D eigenvalue weighted by Gasteiger charge is -2.22. The molecule has 0 radical (unpaired) electrons. The molecule has 0 saturated carbocycles. The number of non-ortho nitro benzene ring substituents is 1. The number of rotatable bonds is 5. The predicted octanol–water partition coefficient (Wildman–Crippen LogP) is 3.02. The minimum atomic E-state index is -0.377. The number of nitro groups is 1. The highest BCUT2D eigenvalue weighted by molar-refractivity contribution is 5.53. The second-order valence-electron chi connectivity index (χ2n) is 4.11. The molecular weight excluding hydrogens is 242 g/mol. The second kappa shape index (κ2) is 5.95. The summed E-state index contributed by atoms with van der Waals surface area (Å²) in [5, 5.41) is 10.8. The molecule has 0 atom stereocenters. The number of aromatic nitrogens is 1. The third-order valence-corrected chi connectivity index (χ3v) is 2.87. The van der Waals surface area contributed by atoms with Gasteiger partial charge in [-0.15, -0.1) is 0 Å². The molecule has 5 heteroatoms. The van der Waals surface area contributed by atoms with Gasteiger partial charge in [0.05, 0.1) is 17.2 Å². The van der Waals surface area contributed by atoms with Crippen molar-refractivity contribution in [3.63, 3.8) is 0 Å².